The summed E-state index contributed by atoms with van der Waals surface area (Å²) in [5, 5.41) is 1.27. The lowest BCUT2D eigenvalue weighted by molar-refractivity contribution is -0.728. The van der Waals surface area contributed by atoms with Crippen molar-refractivity contribution in [1.82, 2.24) is 4.52 Å². The van der Waals surface area contributed by atoms with Gasteiger partial charge in [0.05, 0.1) is 5.56 Å². The first kappa shape index (κ1) is 12.2. The minimum atomic E-state index is 1.22. The molecule has 0 atom stereocenters. The SMILES string of the molecule is Cc1ccccc1-c1ccc2cc3ccccc3n2[n+]1C. The largest absolute Gasteiger partial charge is 0.237 e. The second-order valence-electron chi connectivity index (χ2n) is 5.50. The third-order valence-electron chi connectivity index (χ3n) is 4.19. The normalized spacial score (nSPS) is 11.3. The number of hydrogen-bond acceptors (Lipinski definition) is 0. The van der Waals surface area contributed by atoms with Crippen LogP contribution in [0.15, 0.2) is 66.7 Å². The predicted octanol–water partition coefficient (Wildman–Crippen LogP) is 3.89. The molecule has 0 bridgehead atoms. The van der Waals surface area contributed by atoms with Crippen molar-refractivity contribution in [2.75, 3.05) is 0 Å². The average molecular weight is 273 g/mol. The van der Waals surface area contributed by atoms with Crippen molar-refractivity contribution in [2.45, 2.75) is 6.92 Å². The van der Waals surface area contributed by atoms with Gasteiger partial charge in [-0.3, -0.25) is 0 Å². The molecule has 2 heteroatoms. The summed E-state index contributed by atoms with van der Waals surface area (Å²) in [6.07, 6.45) is 0. The molecule has 2 heterocycles. The van der Waals surface area contributed by atoms with Crippen LogP contribution in [0.25, 0.3) is 27.7 Å². The summed E-state index contributed by atoms with van der Waals surface area (Å²) in [5.74, 6) is 0. The molecule has 2 aromatic carbocycles. The minimum Gasteiger partial charge on any atom is -0.120 e. The first-order valence-electron chi connectivity index (χ1n) is 7.21. The summed E-state index contributed by atoms with van der Waals surface area (Å²) in [4.78, 5) is 0. The van der Waals surface area contributed by atoms with E-state index in [1.54, 1.807) is 0 Å². The lowest BCUT2D eigenvalue weighted by Gasteiger charge is -2.05. The highest BCUT2D eigenvalue weighted by Crippen LogP contribution is 2.23. The number of rotatable bonds is 1. The summed E-state index contributed by atoms with van der Waals surface area (Å²) in [7, 11) is 2.13. The highest BCUT2D eigenvalue weighted by molar-refractivity contribution is 5.86. The van der Waals surface area contributed by atoms with Crippen LogP contribution in [-0.4, -0.2) is 4.52 Å². The average Bonchev–Trinajstić information content (AvgIpc) is 2.88. The van der Waals surface area contributed by atoms with Crippen LogP contribution in [0, 0.1) is 6.92 Å². The first-order chi connectivity index (χ1) is 10.3. The van der Waals surface area contributed by atoms with Crippen LogP contribution in [0.5, 0.6) is 0 Å². The van der Waals surface area contributed by atoms with Crippen molar-refractivity contribution in [3.05, 3.63) is 72.3 Å². The van der Waals surface area contributed by atoms with Crippen LogP contribution in [0.1, 0.15) is 5.56 Å². The fourth-order valence-corrected chi connectivity index (χ4v) is 3.12. The molecule has 0 N–H and O–H groups in total. The Hall–Kier alpha value is -2.61. The van der Waals surface area contributed by atoms with E-state index in [4.69, 9.17) is 0 Å². The zero-order chi connectivity index (χ0) is 14.4. The summed E-state index contributed by atoms with van der Waals surface area (Å²) >= 11 is 0. The first-order valence-corrected chi connectivity index (χ1v) is 7.21. The van der Waals surface area contributed by atoms with Gasteiger partial charge >= 0.3 is 0 Å². The van der Waals surface area contributed by atoms with E-state index in [-0.39, 0.29) is 0 Å². The summed E-state index contributed by atoms with van der Waals surface area (Å²) < 4.78 is 4.51. The zero-order valence-corrected chi connectivity index (χ0v) is 12.2. The molecule has 0 amide bonds. The van der Waals surface area contributed by atoms with Crippen LogP contribution in [0.4, 0.5) is 0 Å². The number of para-hydroxylation sites is 1. The smallest absolute Gasteiger partial charge is 0.120 e. The van der Waals surface area contributed by atoms with E-state index in [1.807, 2.05) is 0 Å². The maximum atomic E-state index is 2.27. The van der Waals surface area contributed by atoms with Gasteiger partial charge in [0.2, 0.25) is 5.69 Å². The Balaban J connectivity index is 2.11. The molecule has 102 valence electrons. The van der Waals surface area contributed by atoms with Crippen molar-refractivity contribution < 1.29 is 4.68 Å². The van der Waals surface area contributed by atoms with Crippen molar-refractivity contribution in [3.8, 4) is 11.3 Å². The number of hydrogen-bond donors (Lipinski definition) is 0. The van der Waals surface area contributed by atoms with E-state index in [9.17, 15) is 0 Å². The second-order valence-corrected chi connectivity index (χ2v) is 5.50. The third kappa shape index (κ3) is 1.76. The summed E-state index contributed by atoms with van der Waals surface area (Å²) in [5.41, 5.74) is 6.26. The molecule has 21 heavy (non-hydrogen) atoms. The zero-order valence-electron chi connectivity index (χ0n) is 12.2. The fraction of sp³-hybridized carbons (Fsp3) is 0.105. The maximum absolute atomic E-state index is 2.27. The maximum Gasteiger partial charge on any atom is 0.237 e. The number of aromatic nitrogens is 2. The van der Waals surface area contributed by atoms with Gasteiger partial charge in [0, 0.05) is 11.5 Å². The van der Waals surface area contributed by atoms with E-state index >= 15 is 0 Å². The third-order valence-corrected chi connectivity index (χ3v) is 4.19. The van der Waals surface area contributed by atoms with Crippen molar-refractivity contribution >= 4 is 16.4 Å². The van der Waals surface area contributed by atoms with Gasteiger partial charge in [0.1, 0.15) is 11.0 Å². The lowest BCUT2D eigenvalue weighted by Crippen LogP contribution is -2.39. The Labute approximate surface area is 123 Å². The standard InChI is InChI=1S/C19H17N2/c1-14-7-3-5-9-17(14)19-12-11-16-13-15-8-4-6-10-18(15)21(16)20(19)2/h3-13H,1-2H3/q+1. The van der Waals surface area contributed by atoms with Gasteiger partial charge in [0.25, 0.3) is 0 Å². The highest BCUT2D eigenvalue weighted by atomic mass is 15.3. The molecule has 2 aromatic heterocycles. The van der Waals surface area contributed by atoms with Crippen molar-refractivity contribution in [1.29, 1.82) is 0 Å². The van der Waals surface area contributed by atoms with Crippen LogP contribution in [-0.2, 0) is 7.05 Å². The Morgan fingerprint density at radius 2 is 1.62 bits per heavy atom. The number of fused-ring (bicyclic) bond motifs is 3. The van der Waals surface area contributed by atoms with E-state index in [1.165, 1.54) is 33.2 Å². The van der Waals surface area contributed by atoms with Gasteiger partial charge in [-0.1, -0.05) is 36.4 Å². The van der Waals surface area contributed by atoms with Gasteiger partial charge in [-0.25, -0.2) is 0 Å². The van der Waals surface area contributed by atoms with Crippen molar-refractivity contribution in [3.63, 3.8) is 0 Å². The molecule has 0 fully saturated rings. The van der Waals surface area contributed by atoms with Crippen LogP contribution in [0.3, 0.4) is 0 Å². The second kappa shape index (κ2) is 4.45. The highest BCUT2D eigenvalue weighted by Gasteiger charge is 2.17. The molecule has 4 rings (SSSR count). The van der Waals surface area contributed by atoms with Gasteiger partial charge in [0.15, 0.2) is 7.05 Å². The van der Waals surface area contributed by atoms with Gasteiger partial charge in [-0.15, -0.1) is 9.20 Å². The molecule has 0 aliphatic carbocycles. The minimum absolute atomic E-state index is 1.22. The molecule has 0 aliphatic heterocycles. The molecule has 0 saturated carbocycles. The van der Waals surface area contributed by atoms with Crippen LogP contribution in [0.2, 0.25) is 0 Å². The Morgan fingerprint density at radius 1 is 0.857 bits per heavy atom. The quantitative estimate of drug-likeness (QED) is 0.465. The predicted molar refractivity (Wildman–Crippen MR) is 86.3 cm³/mol. The molecular formula is C19H17N2+. The number of nitrogens with zero attached hydrogens (tertiary/aromatic N) is 2. The summed E-state index contributed by atoms with van der Waals surface area (Å²) in [6.45, 7) is 2.16. The molecule has 2 nitrogen and oxygen atoms in total. The Morgan fingerprint density at radius 3 is 2.48 bits per heavy atom. The van der Waals surface area contributed by atoms with Crippen LogP contribution >= 0.6 is 0 Å². The van der Waals surface area contributed by atoms with E-state index in [2.05, 4.69) is 89.9 Å². The number of benzene rings is 2. The van der Waals surface area contributed by atoms with Crippen molar-refractivity contribution in [2.24, 2.45) is 7.05 Å². The molecule has 0 aliphatic rings. The van der Waals surface area contributed by atoms with Crippen LogP contribution < -0.4 is 4.68 Å². The summed E-state index contributed by atoms with van der Waals surface area (Å²) in [6, 6.07) is 23.7. The molecule has 0 saturated heterocycles. The molecule has 0 radical (unpaired) electrons. The molecule has 0 unspecified atom stereocenters. The van der Waals surface area contributed by atoms with Gasteiger partial charge in [-0.2, -0.15) is 0 Å². The van der Waals surface area contributed by atoms with E-state index in [0.717, 1.165) is 0 Å². The Bertz CT molecular complexity index is 964. The van der Waals surface area contributed by atoms with Gasteiger partial charge in [-0.05, 0) is 36.8 Å². The Kier molecular flexibility index (Phi) is 2.58. The topological polar surface area (TPSA) is 8.29 Å². The monoisotopic (exact) mass is 273 g/mol. The van der Waals surface area contributed by atoms with E-state index in [0.29, 0.717) is 0 Å². The molecule has 4 aromatic rings. The lowest BCUT2D eigenvalue weighted by atomic mass is 10.1. The fourth-order valence-electron chi connectivity index (χ4n) is 3.12. The van der Waals surface area contributed by atoms with Gasteiger partial charge < -0.3 is 0 Å². The van der Waals surface area contributed by atoms with E-state index < -0.39 is 0 Å². The molecular weight excluding hydrogens is 256 g/mol. The number of aryl methyl sites for hydroxylation is 2. The molecule has 0 spiro atoms.